The van der Waals surface area contributed by atoms with Crippen LogP contribution >= 0.6 is 0 Å². The Hall–Kier alpha value is -3.64. The molecule has 1 aromatic heterocycles. The van der Waals surface area contributed by atoms with Crippen LogP contribution in [-0.2, 0) is 17.8 Å². The molecular weight excluding hydrogens is 558 g/mol. The number of aromatic nitrogens is 1. The molecule has 5 rings (SSSR count). The van der Waals surface area contributed by atoms with Crippen molar-refractivity contribution in [3.05, 3.63) is 42.1 Å². The normalized spacial score (nSPS) is 11.6. The molecular formula is C32H49NO10. The molecule has 0 saturated carbocycles. The summed E-state index contributed by atoms with van der Waals surface area (Å²) in [6.07, 6.45) is 14.3. The number of nitrogens with zero attached hydrogens (tertiary/aromatic N) is 1. The van der Waals surface area contributed by atoms with Crippen molar-refractivity contribution in [2.24, 2.45) is 0 Å². The Morgan fingerprint density at radius 3 is 2.09 bits per heavy atom. The summed E-state index contributed by atoms with van der Waals surface area (Å²) in [6, 6.07) is 10.4. The Balaban J connectivity index is 0.000000865. The van der Waals surface area contributed by atoms with Crippen LogP contribution in [0.2, 0.25) is 0 Å². The lowest BCUT2D eigenvalue weighted by Crippen LogP contribution is -2.40. The van der Waals surface area contributed by atoms with Crippen molar-refractivity contribution in [1.29, 1.82) is 0 Å². The van der Waals surface area contributed by atoms with Crippen LogP contribution in [0.5, 0.6) is 23.0 Å². The average molecular weight is 608 g/mol. The van der Waals surface area contributed by atoms with Crippen LogP contribution in [-0.4, -0.2) is 48.9 Å². The third-order valence-corrected chi connectivity index (χ3v) is 7.49. The smallest absolute Gasteiger partial charge is 0.231 e. The molecule has 0 spiro atoms. The van der Waals surface area contributed by atoms with E-state index in [2.05, 4.69) is 42.0 Å². The Bertz CT molecular complexity index is 1280. The van der Waals surface area contributed by atoms with Gasteiger partial charge in [-0.1, -0.05) is 58.3 Å². The summed E-state index contributed by atoms with van der Waals surface area (Å²) in [7, 11) is 3.34. The average Bonchev–Trinajstić information content (AvgIpc) is 3.41. The van der Waals surface area contributed by atoms with E-state index in [1.807, 2.05) is 6.07 Å². The van der Waals surface area contributed by atoms with Gasteiger partial charge in [-0.3, -0.25) is 0 Å². The monoisotopic (exact) mass is 607 g/mol. The van der Waals surface area contributed by atoms with E-state index >= 15 is 0 Å². The van der Waals surface area contributed by atoms with Gasteiger partial charge in [-0.05, 0) is 48.1 Å². The number of rotatable bonds is 12. The molecule has 2 aliphatic rings. The number of aliphatic carboxylic acids is 1. The van der Waals surface area contributed by atoms with E-state index in [-0.39, 0.29) is 28.3 Å². The maximum absolute atomic E-state index is 10.1. The largest absolute Gasteiger partial charge is 0.550 e. The summed E-state index contributed by atoms with van der Waals surface area (Å²) in [6.45, 7) is 3.44. The summed E-state index contributed by atoms with van der Waals surface area (Å²) < 4.78 is 24.4. The maximum atomic E-state index is 10.1. The van der Waals surface area contributed by atoms with Crippen LogP contribution in [0.4, 0.5) is 0 Å². The van der Waals surface area contributed by atoms with Gasteiger partial charge in [0.15, 0.2) is 35.7 Å². The number of carboxylic acid groups (broad SMARTS) is 1. The number of carbonyl (C=O) groups is 1. The molecule has 3 aromatic rings. The van der Waals surface area contributed by atoms with Crippen molar-refractivity contribution < 1.29 is 55.3 Å². The van der Waals surface area contributed by atoms with E-state index in [0.717, 1.165) is 59.6 Å². The molecule has 0 unspecified atom stereocenters. The van der Waals surface area contributed by atoms with Crippen LogP contribution in [0.15, 0.2) is 36.5 Å². The molecule has 2 aromatic carbocycles. The van der Waals surface area contributed by atoms with Gasteiger partial charge in [0.25, 0.3) is 0 Å². The molecule has 43 heavy (non-hydrogen) atoms. The van der Waals surface area contributed by atoms with E-state index in [4.69, 9.17) is 18.9 Å². The number of benzene rings is 2. The summed E-state index contributed by atoms with van der Waals surface area (Å²) in [5.41, 5.74) is 3.68. The molecule has 0 amide bonds. The molecule has 0 aliphatic carbocycles. The highest BCUT2D eigenvalue weighted by molar-refractivity contribution is 5.91. The maximum Gasteiger partial charge on any atom is 0.231 e. The lowest BCUT2D eigenvalue weighted by molar-refractivity contribution is -0.686. The fourth-order valence-corrected chi connectivity index (χ4v) is 5.35. The number of methoxy groups -OCH3 is 2. The summed E-state index contributed by atoms with van der Waals surface area (Å²) in [5, 5.41) is 12.3. The van der Waals surface area contributed by atoms with E-state index in [0.29, 0.717) is 6.79 Å². The number of aryl methyl sites for hydroxylation is 2. The van der Waals surface area contributed by atoms with Crippen molar-refractivity contribution in [2.45, 2.75) is 84.1 Å². The van der Waals surface area contributed by atoms with Crippen LogP contribution in [0.3, 0.4) is 0 Å². The van der Waals surface area contributed by atoms with Gasteiger partial charge in [0.05, 0.1) is 25.2 Å². The van der Waals surface area contributed by atoms with Crippen LogP contribution in [0, 0.1) is 0 Å². The molecule has 0 fully saturated rings. The fourth-order valence-electron chi connectivity index (χ4n) is 5.35. The molecule has 11 heteroatoms. The highest BCUT2D eigenvalue weighted by Gasteiger charge is 2.28. The van der Waals surface area contributed by atoms with E-state index in [1.54, 1.807) is 14.2 Å². The standard InChI is InChI=1S/C20H18NO4.C12H24O2.4H2O/c1-22-17-4-3-12-7-16-14-9-19-18(24-11-25-19)8-13(14)5-6-21(16)10-15(12)20(17)23-2;1-2-3-4-5-6-7-8-9-10-11-12(13)14;;;;/h3-4,7-10H,5-6,11H2,1-2H3;2-11H2,1H3,(H,13,14);4*1H2/q+1;;;;;/p-1. The van der Waals surface area contributed by atoms with Crippen molar-refractivity contribution >= 4 is 16.7 Å². The predicted molar refractivity (Wildman–Crippen MR) is 164 cm³/mol. The molecule has 0 bridgehead atoms. The fraction of sp³-hybridized carbons (Fsp3) is 0.500. The molecule has 3 heterocycles. The van der Waals surface area contributed by atoms with Crippen molar-refractivity contribution in [3.8, 4) is 34.3 Å². The van der Waals surface area contributed by atoms with E-state index in [9.17, 15) is 9.90 Å². The quantitative estimate of drug-likeness (QED) is 0.223. The minimum Gasteiger partial charge on any atom is -0.550 e. The second-order valence-electron chi connectivity index (χ2n) is 10.2. The number of pyridine rings is 1. The topological polar surface area (TPSA) is 207 Å². The van der Waals surface area contributed by atoms with Crippen molar-refractivity contribution in [1.82, 2.24) is 0 Å². The van der Waals surface area contributed by atoms with Gasteiger partial charge in [-0.25, -0.2) is 0 Å². The first-order chi connectivity index (χ1) is 19.0. The van der Waals surface area contributed by atoms with Crippen LogP contribution < -0.4 is 28.6 Å². The van der Waals surface area contributed by atoms with Gasteiger partial charge in [-0.15, -0.1) is 0 Å². The number of ether oxygens (including phenoxy) is 4. The van der Waals surface area contributed by atoms with Gasteiger partial charge in [0, 0.05) is 18.5 Å². The Morgan fingerprint density at radius 2 is 1.49 bits per heavy atom. The molecule has 8 N–H and O–H groups in total. The van der Waals surface area contributed by atoms with Gasteiger partial charge >= 0.3 is 0 Å². The number of hydrogen-bond donors (Lipinski definition) is 0. The number of unbranched alkanes of at least 4 members (excludes halogenated alkanes) is 8. The molecule has 11 nitrogen and oxygen atoms in total. The lowest BCUT2D eigenvalue weighted by atomic mass is 9.95. The zero-order valence-electron chi connectivity index (χ0n) is 25.6. The molecule has 242 valence electrons. The zero-order valence-corrected chi connectivity index (χ0v) is 25.6. The SMILES string of the molecule is CCCCCCCCCCCC(=O)[O-].COc1ccc2cc3[n+](cc2c1OC)CCc1cc2c(cc1-3)OCO2.O.O.O.O. The van der Waals surface area contributed by atoms with Crippen LogP contribution in [0.25, 0.3) is 22.0 Å². The molecule has 0 atom stereocenters. The van der Waals surface area contributed by atoms with Crippen molar-refractivity contribution in [3.63, 3.8) is 0 Å². The molecule has 0 saturated heterocycles. The van der Waals surface area contributed by atoms with E-state index in [1.165, 1.54) is 61.8 Å². The number of carboxylic acids is 1. The van der Waals surface area contributed by atoms with Crippen LogP contribution in [0.1, 0.15) is 76.7 Å². The highest BCUT2D eigenvalue weighted by Crippen LogP contribution is 2.41. The van der Waals surface area contributed by atoms with Gasteiger partial charge < -0.3 is 50.8 Å². The first kappa shape index (κ1) is 39.4. The second kappa shape index (κ2) is 19.5. The molecule has 2 aliphatic heterocycles. The number of carbonyl (C=O) groups excluding carboxylic acids is 1. The Kier molecular flexibility index (Phi) is 17.9. The van der Waals surface area contributed by atoms with Gasteiger partial charge in [0.1, 0.15) is 0 Å². The lowest BCUT2D eigenvalue weighted by Gasteiger charge is -2.17. The number of fused-ring (bicyclic) bond motifs is 5. The predicted octanol–water partition coefficient (Wildman–Crippen LogP) is 2.45. The summed E-state index contributed by atoms with van der Waals surface area (Å²) in [4.78, 5) is 10.1. The minimum atomic E-state index is -0.909. The number of hydrogen-bond acceptors (Lipinski definition) is 6. The van der Waals surface area contributed by atoms with Crippen molar-refractivity contribution in [2.75, 3.05) is 21.0 Å². The minimum absolute atomic E-state index is 0. The Morgan fingerprint density at radius 1 is 0.860 bits per heavy atom. The first-order valence-corrected chi connectivity index (χ1v) is 14.3. The van der Waals surface area contributed by atoms with Gasteiger partial charge in [0.2, 0.25) is 12.5 Å². The molecule has 0 radical (unpaired) electrons. The van der Waals surface area contributed by atoms with E-state index < -0.39 is 5.97 Å². The first-order valence-electron chi connectivity index (χ1n) is 14.3. The summed E-state index contributed by atoms with van der Waals surface area (Å²) in [5.74, 6) is 2.27. The third-order valence-electron chi connectivity index (χ3n) is 7.49. The van der Waals surface area contributed by atoms with Gasteiger partial charge in [-0.2, -0.15) is 4.57 Å². The Labute approximate surface area is 253 Å². The third kappa shape index (κ3) is 9.96. The highest BCUT2D eigenvalue weighted by atomic mass is 16.7. The zero-order chi connectivity index (χ0) is 27.6. The summed E-state index contributed by atoms with van der Waals surface area (Å²) >= 11 is 0. The second-order valence-corrected chi connectivity index (χ2v) is 10.2.